The van der Waals surface area contributed by atoms with Crippen molar-refractivity contribution in [2.45, 2.75) is 45.2 Å². The van der Waals surface area contributed by atoms with Crippen LogP contribution < -0.4 is 14.9 Å². The molecule has 2 aliphatic rings. The van der Waals surface area contributed by atoms with Crippen molar-refractivity contribution in [1.82, 2.24) is 23.9 Å². The van der Waals surface area contributed by atoms with Gasteiger partial charge in [-0.15, -0.1) is 0 Å². The van der Waals surface area contributed by atoms with Gasteiger partial charge in [0.2, 0.25) is 0 Å². The number of H-pyrrole nitrogens is 1. The van der Waals surface area contributed by atoms with Gasteiger partial charge in [0, 0.05) is 77.1 Å². The number of nitrogens with zero attached hydrogens (tertiary/aromatic N) is 4. The van der Waals surface area contributed by atoms with Crippen molar-refractivity contribution in [3.8, 4) is 0 Å². The second kappa shape index (κ2) is 16.2. The summed E-state index contributed by atoms with van der Waals surface area (Å²) in [6.07, 6.45) is 6.85. The van der Waals surface area contributed by atoms with Crippen LogP contribution in [0.25, 0.3) is 22.2 Å². The Hall–Kier alpha value is -4.25. The van der Waals surface area contributed by atoms with Crippen LogP contribution in [-0.4, -0.2) is 57.3 Å². The number of nitrogens with one attached hydrogen (secondary N) is 3. The minimum atomic E-state index is -0.274. The Morgan fingerprint density at radius 3 is 2.48 bits per heavy atom. The molecule has 2 saturated heterocycles. The quantitative estimate of drug-likeness (QED) is 0.123. The van der Waals surface area contributed by atoms with Gasteiger partial charge in [0.15, 0.2) is 5.82 Å². The van der Waals surface area contributed by atoms with Crippen LogP contribution in [0.15, 0.2) is 104 Å². The summed E-state index contributed by atoms with van der Waals surface area (Å²) in [5.41, 5.74) is 6.51. The molecular formula is C41H43Cl2N7OS. The van der Waals surface area contributed by atoms with Crippen LogP contribution in [0.3, 0.4) is 0 Å². The molecule has 1 atom stereocenters. The van der Waals surface area contributed by atoms with Crippen LogP contribution in [0.4, 0.5) is 11.5 Å². The molecule has 4 heterocycles. The Kier molecular flexibility index (Phi) is 11.2. The Morgan fingerprint density at radius 1 is 1.02 bits per heavy atom. The molecule has 2 aromatic heterocycles. The lowest BCUT2D eigenvalue weighted by molar-refractivity contribution is 0.102. The molecule has 5 aromatic rings. The second-order valence-electron chi connectivity index (χ2n) is 13.2. The number of aromatic nitrogens is 2. The van der Waals surface area contributed by atoms with Crippen molar-refractivity contribution < 1.29 is 4.79 Å². The monoisotopic (exact) mass is 751 g/mol. The second-order valence-corrected chi connectivity index (χ2v) is 15.1. The standard InChI is InChI=1S/C41H43Cl2N7OS/c1-4-49(28(3)30-13-15-31(42)16-14-30)39(27(2)29-10-6-5-7-11-29)37-34-18-17-32(43)26-36(34)46-38(37)41(51)47-35-12-8-21-44-40(35)48-24-19-33(20-25-48)50-23-9-22-45-52-50/h4-8,10-18,21,26,28,33,45-46H,1,9,19-20,22-25H2,2-3H3,(H,47,51)/b39-27+. The summed E-state index contributed by atoms with van der Waals surface area (Å²) in [5.74, 6) is 0.503. The van der Waals surface area contributed by atoms with Gasteiger partial charge >= 0.3 is 0 Å². The Balaban J connectivity index is 1.29. The van der Waals surface area contributed by atoms with E-state index in [4.69, 9.17) is 28.2 Å². The van der Waals surface area contributed by atoms with Crippen LogP contribution >= 0.6 is 35.3 Å². The van der Waals surface area contributed by atoms with Crippen LogP contribution in [0.5, 0.6) is 0 Å². The lowest BCUT2D eigenvalue weighted by atomic mass is 9.95. The molecule has 0 aliphatic carbocycles. The van der Waals surface area contributed by atoms with Gasteiger partial charge in [-0.25, -0.2) is 9.29 Å². The van der Waals surface area contributed by atoms with Crippen molar-refractivity contribution in [2.75, 3.05) is 36.4 Å². The molecule has 1 amide bonds. The average Bonchev–Trinajstić information content (AvgIpc) is 3.56. The number of carbonyl (C=O) groups is 1. The highest BCUT2D eigenvalue weighted by Gasteiger charge is 2.31. The largest absolute Gasteiger partial charge is 0.355 e. The lowest BCUT2D eigenvalue weighted by Crippen LogP contribution is -2.45. The number of pyridine rings is 1. The summed E-state index contributed by atoms with van der Waals surface area (Å²) >= 11 is 14.6. The predicted octanol–water partition coefficient (Wildman–Crippen LogP) is 10.0. The molecule has 3 N–H and O–H groups in total. The van der Waals surface area contributed by atoms with Gasteiger partial charge in [-0.1, -0.05) is 78.3 Å². The van der Waals surface area contributed by atoms with Crippen LogP contribution in [0.2, 0.25) is 10.0 Å². The summed E-state index contributed by atoms with van der Waals surface area (Å²) in [5, 5.41) is 5.37. The number of carbonyl (C=O) groups excluding carboxylic acids is 1. The number of anilines is 2. The molecule has 2 fully saturated rings. The molecule has 2 aliphatic heterocycles. The maximum atomic E-state index is 14.7. The minimum absolute atomic E-state index is 0.149. The van der Waals surface area contributed by atoms with Crippen molar-refractivity contribution >= 4 is 74.9 Å². The molecule has 0 radical (unpaired) electrons. The van der Waals surface area contributed by atoms with Gasteiger partial charge in [0.05, 0.1) is 17.4 Å². The van der Waals surface area contributed by atoms with Crippen molar-refractivity contribution in [3.05, 3.63) is 136 Å². The topological polar surface area (TPSA) is 79.5 Å². The number of hydrogen-bond donors (Lipinski definition) is 3. The van der Waals surface area contributed by atoms with E-state index >= 15 is 0 Å². The summed E-state index contributed by atoms with van der Waals surface area (Å²) in [6, 6.07) is 27.9. The van der Waals surface area contributed by atoms with Crippen LogP contribution in [-0.2, 0) is 0 Å². The number of allylic oxidation sites excluding steroid dienone is 1. The van der Waals surface area contributed by atoms with E-state index in [-0.39, 0.29) is 11.9 Å². The third kappa shape index (κ3) is 7.61. The minimum Gasteiger partial charge on any atom is -0.355 e. The fourth-order valence-electron chi connectivity index (χ4n) is 7.30. The molecule has 3 aromatic carbocycles. The van der Waals surface area contributed by atoms with Crippen molar-refractivity contribution in [1.29, 1.82) is 0 Å². The molecule has 0 saturated carbocycles. The van der Waals surface area contributed by atoms with E-state index in [1.807, 2.05) is 79.0 Å². The van der Waals surface area contributed by atoms with Crippen molar-refractivity contribution in [3.63, 3.8) is 0 Å². The normalized spacial score (nSPS) is 16.7. The molecule has 0 bridgehead atoms. The van der Waals surface area contributed by atoms with Gasteiger partial charge < -0.3 is 20.1 Å². The molecule has 0 spiro atoms. The summed E-state index contributed by atoms with van der Waals surface area (Å²) in [4.78, 5) is 27.4. The zero-order valence-corrected chi connectivity index (χ0v) is 31.7. The van der Waals surface area contributed by atoms with Crippen molar-refractivity contribution in [2.24, 2.45) is 0 Å². The molecule has 268 valence electrons. The maximum absolute atomic E-state index is 14.7. The summed E-state index contributed by atoms with van der Waals surface area (Å²) < 4.78 is 5.91. The van der Waals surface area contributed by atoms with Gasteiger partial charge in [0.25, 0.3) is 5.91 Å². The van der Waals surface area contributed by atoms with Gasteiger partial charge in [-0.05, 0) is 92.4 Å². The highest BCUT2D eigenvalue weighted by Crippen LogP contribution is 2.41. The predicted molar refractivity (Wildman–Crippen MR) is 218 cm³/mol. The molecule has 8 nitrogen and oxygen atoms in total. The fraction of sp³-hybridized carbons (Fsp3) is 0.268. The Bertz CT molecular complexity index is 2070. The zero-order chi connectivity index (χ0) is 36.2. The number of rotatable bonds is 10. The number of piperidine rings is 1. The molecule has 52 heavy (non-hydrogen) atoms. The first kappa shape index (κ1) is 36.1. The lowest BCUT2D eigenvalue weighted by Gasteiger charge is -2.39. The van der Waals surface area contributed by atoms with E-state index in [0.29, 0.717) is 27.5 Å². The van der Waals surface area contributed by atoms with E-state index in [2.05, 4.69) is 61.7 Å². The van der Waals surface area contributed by atoms with Gasteiger partial charge in [-0.3, -0.25) is 9.52 Å². The number of aromatic amines is 1. The van der Waals surface area contributed by atoms with E-state index in [1.165, 1.54) is 0 Å². The highest BCUT2D eigenvalue weighted by atomic mass is 35.5. The van der Waals surface area contributed by atoms with E-state index < -0.39 is 0 Å². The fourth-order valence-corrected chi connectivity index (χ4v) is 8.58. The van der Waals surface area contributed by atoms with E-state index in [0.717, 1.165) is 90.1 Å². The zero-order valence-electron chi connectivity index (χ0n) is 29.4. The first-order valence-electron chi connectivity index (χ1n) is 17.7. The number of hydrogen-bond acceptors (Lipinski definition) is 7. The first-order valence-corrected chi connectivity index (χ1v) is 19.3. The number of fused-ring (bicyclic) bond motifs is 1. The first-order chi connectivity index (χ1) is 25.3. The molecule has 1 unspecified atom stereocenters. The highest BCUT2D eigenvalue weighted by molar-refractivity contribution is 7.95. The maximum Gasteiger partial charge on any atom is 0.272 e. The average molecular weight is 753 g/mol. The SMILES string of the molecule is C=CN(/C(=C(\C)c1ccccc1)c1c(C(=O)Nc2cccnc2N2CCC(N3CCCNS3)CC2)[nH]c2cc(Cl)ccc12)C(C)c1ccc(Cl)cc1. The number of benzene rings is 3. The molecular weight excluding hydrogens is 709 g/mol. The Morgan fingerprint density at radius 2 is 1.77 bits per heavy atom. The summed E-state index contributed by atoms with van der Waals surface area (Å²) in [6.45, 7) is 12.4. The van der Waals surface area contributed by atoms with E-state index in [1.54, 1.807) is 18.3 Å². The Labute approximate surface area is 320 Å². The third-order valence-electron chi connectivity index (χ3n) is 10.1. The van der Waals surface area contributed by atoms with Crippen LogP contribution in [0.1, 0.15) is 66.3 Å². The summed E-state index contributed by atoms with van der Waals surface area (Å²) in [7, 11) is 0. The van der Waals surface area contributed by atoms with Gasteiger partial charge in [-0.2, -0.15) is 0 Å². The molecule has 7 rings (SSSR count). The van der Waals surface area contributed by atoms with Gasteiger partial charge in [0.1, 0.15) is 5.69 Å². The molecule has 11 heteroatoms. The number of halogens is 2. The number of amides is 1. The third-order valence-corrected chi connectivity index (χ3v) is 11.6. The van der Waals surface area contributed by atoms with E-state index in [9.17, 15) is 4.79 Å². The van der Waals surface area contributed by atoms with Crippen LogP contribution in [0, 0.1) is 0 Å². The smallest absolute Gasteiger partial charge is 0.272 e.